The topological polar surface area (TPSA) is 110 Å². The lowest BCUT2D eigenvalue weighted by Crippen LogP contribution is -2.27. The van der Waals surface area contributed by atoms with Gasteiger partial charge < -0.3 is 9.88 Å². The maximum absolute atomic E-state index is 12.7. The average Bonchev–Trinajstić information content (AvgIpc) is 3.58. The minimum atomic E-state index is -3.46. The van der Waals surface area contributed by atoms with E-state index < -0.39 is 10.0 Å². The lowest BCUT2D eigenvalue weighted by molar-refractivity contribution is -0.113. The quantitative estimate of drug-likeness (QED) is 0.375. The Morgan fingerprint density at radius 3 is 2.56 bits per heavy atom. The minimum Gasteiger partial charge on any atom is -0.305 e. The molecule has 0 aliphatic carbocycles. The van der Waals surface area contributed by atoms with E-state index in [1.165, 1.54) is 27.4 Å². The normalized spacial score (nSPS) is 14.6. The number of fused-ring (bicyclic) bond motifs is 1. The van der Waals surface area contributed by atoms with Crippen LogP contribution in [0.3, 0.4) is 0 Å². The summed E-state index contributed by atoms with van der Waals surface area (Å²) in [5, 5.41) is 12.4. The molecule has 0 bridgehead atoms. The molecule has 12 heteroatoms. The van der Waals surface area contributed by atoms with Crippen molar-refractivity contribution in [2.24, 2.45) is 7.05 Å². The number of nitrogens with one attached hydrogen (secondary N) is 1. The molecule has 176 valence electrons. The predicted octanol–water partition coefficient (Wildman–Crippen LogP) is 3.61. The summed E-state index contributed by atoms with van der Waals surface area (Å²) < 4.78 is 29.8. The van der Waals surface area contributed by atoms with E-state index in [0.29, 0.717) is 29.2 Å². The van der Waals surface area contributed by atoms with Gasteiger partial charge in [0.25, 0.3) is 0 Å². The SMILES string of the molecule is Cn1c(SCC(=O)Nc2nc3ccccc3s2)nnc1-c1ccc(S(=O)(=O)N2CCCC2)cc1. The number of carbonyl (C=O) groups is 1. The van der Waals surface area contributed by atoms with E-state index in [4.69, 9.17) is 0 Å². The molecule has 1 amide bonds. The van der Waals surface area contributed by atoms with Gasteiger partial charge in [0.05, 0.1) is 20.9 Å². The molecule has 1 aliphatic rings. The van der Waals surface area contributed by atoms with Gasteiger partial charge in [-0.3, -0.25) is 4.79 Å². The zero-order valence-electron chi connectivity index (χ0n) is 18.3. The first-order valence-electron chi connectivity index (χ1n) is 10.7. The second kappa shape index (κ2) is 9.45. The summed E-state index contributed by atoms with van der Waals surface area (Å²) in [7, 11) is -1.64. The summed E-state index contributed by atoms with van der Waals surface area (Å²) >= 11 is 2.70. The molecule has 4 aromatic rings. The number of rotatable bonds is 7. The van der Waals surface area contributed by atoms with Crippen molar-refractivity contribution in [1.82, 2.24) is 24.1 Å². The van der Waals surface area contributed by atoms with Gasteiger partial charge in [0.15, 0.2) is 16.1 Å². The smallest absolute Gasteiger partial charge is 0.243 e. The average molecular weight is 515 g/mol. The minimum absolute atomic E-state index is 0.162. The van der Waals surface area contributed by atoms with Crippen LogP contribution in [0.15, 0.2) is 58.6 Å². The van der Waals surface area contributed by atoms with Crippen molar-refractivity contribution >= 4 is 54.4 Å². The van der Waals surface area contributed by atoms with Gasteiger partial charge in [-0.25, -0.2) is 13.4 Å². The van der Waals surface area contributed by atoms with Crippen molar-refractivity contribution < 1.29 is 13.2 Å². The summed E-state index contributed by atoms with van der Waals surface area (Å²) in [5.41, 5.74) is 1.61. The van der Waals surface area contributed by atoms with Crippen LogP contribution in [-0.4, -0.2) is 57.2 Å². The number of anilines is 1. The van der Waals surface area contributed by atoms with Crippen molar-refractivity contribution in [2.75, 3.05) is 24.2 Å². The van der Waals surface area contributed by atoms with Crippen LogP contribution in [-0.2, 0) is 21.9 Å². The second-order valence-electron chi connectivity index (χ2n) is 7.82. The highest BCUT2D eigenvalue weighted by atomic mass is 32.2. The monoisotopic (exact) mass is 514 g/mol. The van der Waals surface area contributed by atoms with Gasteiger partial charge in [0.1, 0.15) is 0 Å². The number of nitrogens with zero attached hydrogens (tertiary/aromatic N) is 5. The fourth-order valence-corrected chi connectivity index (χ4v) is 6.87. The summed E-state index contributed by atoms with van der Waals surface area (Å²) in [6.07, 6.45) is 1.80. The highest BCUT2D eigenvalue weighted by molar-refractivity contribution is 7.99. The van der Waals surface area contributed by atoms with Crippen LogP contribution >= 0.6 is 23.1 Å². The van der Waals surface area contributed by atoms with Crippen LogP contribution in [0.4, 0.5) is 5.13 Å². The van der Waals surface area contributed by atoms with Crippen molar-refractivity contribution in [3.05, 3.63) is 48.5 Å². The highest BCUT2D eigenvalue weighted by Crippen LogP contribution is 2.28. The molecule has 1 fully saturated rings. The molecule has 0 unspecified atom stereocenters. The van der Waals surface area contributed by atoms with Crippen molar-refractivity contribution in [1.29, 1.82) is 0 Å². The highest BCUT2D eigenvalue weighted by Gasteiger charge is 2.27. The molecule has 0 radical (unpaired) electrons. The number of thiazole rings is 1. The second-order valence-corrected chi connectivity index (χ2v) is 11.7. The Morgan fingerprint density at radius 2 is 1.82 bits per heavy atom. The summed E-state index contributed by atoms with van der Waals surface area (Å²) in [6.45, 7) is 1.14. The molecule has 2 aromatic heterocycles. The third kappa shape index (κ3) is 4.58. The van der Waals surface area contributed by atoms with Crippen LogP contribution in [0.2, 0.25) is 0 Å². The Morgan fingerprint density at radius 1 is 1.09 bits per heavy atom. The Labute approximate surface area is 205 Å². The Bertz CT molecular complexity index is 1410. The molecule has 1 saturated heterocycles. The van der Waals surface area contributed by atoms with E-state index in [2.05, 4.69) is 20.5 Å². The van der Waals surface area contributed by atoms with Gasteiger partial charge in [0, 0.05) is 25.7 Å². The van der Waals surface area contributed by atoms with Crippen molar-refractivity contribution in [2.45, 2.75) is 22.9 Å². The van der Waals surface area contributed by atoms with E-state index >= 15 is 0 Å². The zero-order valence-corrected chi connectivity index (χ0v) is 20.8. The summed E-state index contributed by atoms with van der Waals surface area (Å²) in [6, 6.07) is 14.4. The maximum atomic E-state index is 12.7. The van der Waals surface area contributed by atoms with Crippen LogP contribution in [0.25, 0.3) is 21.6 Å². The number of hydrogen-bond donors (Lipinski definition) is 1. The Hall–Kier alpha value is -2.80. The van der Waals surface area contributed by atoms with Gasteiger partial charge >= 0.3 is 0 Å². The first-order valence-corrected chi connectivity index (χ1v) is 13.9. The zero-order chi connectivity index (χ0) is 23.7. The third-order valence-corrected chi connectivity index (χ3v) is 9.41. The number of hydrogen-bond acceptors (Lipinski definition) is 8. The van der Waals surface area contributed by atoms with E-state index in [-0.39, 0.29) is 16.6 Å². The van der Waals surface area contributed by atoms with Gasteiger partial charge in [-0.1, -0.05) is 35.2 Å². The molecular formula is C22H22N6O3S3. The molecule has 0 spiro atoms. The molecule has 0 atom stereocenters. The van der Waals surface area contributed by atoms with Crippen LogP contribution < -0.4 is 5.32 Å². The lowest BCUT2D eigenvalue weighted by Gasteiger charge is -2.15. The maximum Gasteiger partial charge on any atom is 0.243 e. The third-order valence-electron chi connectivity index (χ3n) is 5.52. The Kier molecular flexibility index (Phi) is 6.38. The summed E-state index contributed by atoms with van der Waals surface area (Å²) in [4.78, 5) is 17.1. The van der Waals surface area contributed by atoms with Crippen molar-refractivity contribution in [3.8, 4) is 11.4 Å². The largest absolute Gasteiger partial charge is 0.305 e. The van der Waals surface area contributed by atoms with E-state index in [1.807, 2.05) is 31.3 Å². The van der Waals surface area contributed by atoms with Crippen LogP contribution in [0, 0.1) is 0 Å². The molecule has 5 rings (SSSR count). The molecule has 9 nitrogen and oxygen atoms in total. The van der Waals surface area contributed by atoms with Crippen LogP contribution in [0.1, 0.15) is 12.8 Å². The van der Waals surface area contributed by atoms with Gasteiger partial charge in [-0.2, -0.15) is 4.31 Å². The molecule has 1 N–H and O–H groups in total. The van der Waals surface area contributed by atoms with Crippen LogP contribution in [0.5, 0.6) is 0 Å². The van der Waals surface area contributed by atoms with E-state index in [1.54, 1.807) is 28.8 Å². The molecule has 34 heavy (non-hydrogen) atoms. The van der Waals surface area contributed by atoms with Crippen molar-refractivity contribution in [3.63, 3.8) is 0 Å². The Balaban J connectivity index is 1.24. The van der Waals surface area contributed by atoms with E-state index in [0.717, 1.165) is 28.6 Å². The predicted molar refractivity (Wildman–Crippen MR) is 133 cm³/mol. The number of aromatic nitrogens is 4. The fraction of sp³-hybridized carbons (Fsp3) is 0.273. The number of amides is 1. The first-order chi connectivity index (χ1) is 16.4. The number of carbonyl (C=O) groups excluding carboxylic acids is 1. The molecular weight excluding hydrogens is 492 g/mol. The van der Waals surface area contributed by atoms with E-state index in [9.17, 15) is 13.2 Å². The number of sulfonamides is 1. The van der Waals surface area contributed by atoms with Gasteiger partial charge in [-0.05, 0) is 49.2 Å². The number of benzene rings is 2. The standard InChI is InChI=1S/C22H22N6O3S3/c1-27-20(15-8-10-16(11-9-15)34(30,31)28-12-4-5-13-28)25-26-22(27)32-14-19(29)24-21-23-17-6-2-3-7-18(17)33-21/h2-3,6-11H,4-5,12-14H2,1H3,(H,23,24,29). The first kappa shape index (κ1) is 23.0. The molecule has 3 heterocycles. The van der Waals surface area contributed by atoms with Gasteiger partial charge in [0.2, 0.25) is 15.9 Å². The molecule has 2 aromatic carbocycles. The number of para-hydroxylation sites is 1. The molecule has 0 saturated carbocycles. The number of thioether (sulfide) groups is 1. The fourth-order valence-electron chi connectivity index (χ4n) is 3.76. The lowest BCUT2D eigenvalue weighted by atomic mass is 10.2. The summed E-state index contributed by atoms with van der Waals surface area (Å²) in [5.74, 6) is 0.582. The van der Waals surface area contributed by atoms with Gasteiger partial charge in [-0.15, -0.1) is 10.2 Å². The molecule has 1 aliphatic heterocycles.